The summed E-state index contributed by atoms with van der Waals surface area (Å²) in [7, 11) is 0. The number of hydrogen-bond acceptors (Lipinski definition) is 3. The first-order chi connectivity index (χ1) is 11.7. The Labute approximate surface area is 146 Å². The van der Waals surface area contributed by atoms with Crippen LogP contribution in [0.15, 0.2) is 30.3 Å². The summed E-state index contributed by atoms with van der Waals surface area (Å²) in [6.07, 6.45) is 5.17. The molecule has 132 valence electrons. The van der Waals surface area contributed by atoms with Gasteiger partial charge in [-0.25, -0.2) is 0 Å². The fourth-order valence-corrected chi connectivity index (χ4v) is 3.98. The molecule has 2 aliphatic rings. The monoisotopic (exact) mass is 329 g/mol. The molecule has 0 aliphatic carbocycles. The number of piperidine rings is 2. The van der Waals surface area contributed by atoms with Crippen LogP contribution in [0.1, 0.15) is 39.0 Å². The van der Waals surface area contributed by atoms with E-state index in [2.05, 4.69) is 52.4 Å². The highest BCUT2D eigenvalue weighted by Crippen LogP contribution is 2.22. The zero-order valence-electron chi connectivity index (χ0n) is 14.9. The Bertz CT molecular complexity index is 503. The van der Waals surface area contributed by atoms with E-state index in [1.807, 2.05) is 0 Å². The minimum atomic E-state index is 0.267. The molecule has 0 radical (unpaired) electrons. The van der Waals surface area contributed by atoms with Crippen LogP contribution in [0.25, 0.3) is 0 Å². The quantitative estimate of drug-likeness (QED) is 0.902. The highest BCUT2D eigenvalue weighted by atomic mass is 16.1. The summed E-state index contributed by atoms with van der Waals surface area (Å²) in [5.74, 6) is 0.848. The number of para-hydroxylation sites is 1. The summed E-state index contributed by atoms with van der Waals surface area (Å²) in [6, 6.07) is 10.9. The molecule has 2 aliphatic heterocycles. The predicted octanol–water partition coefficient (Wildman–Crippen LogP) is 2.89. The molecule has 1 amide bonds. The number of nitrogens with one attached hydrogen (secondary N) is 1. The van der Waals surface area contributed by atoms with Crippen LogP contribution in [-0.4, -0.2) is 49.6 Å². The fourth-order valence-electron chi connectivity index (χ4n) is 3.98. The molecule has 0 atom stereocenters. The Hall–Kier alpha value is -1.55. The first-order valence-corrected chi connectivity index (χ1v) is 9.56. The van der Waals surface area contributed by atoms with E-state index in [1.54, 1.807) is 0 Å². The van der Waals surface area contributed by atoms with Gasteiger partial charge in [-0.2, -0.15) is 0 Å². The molecule has 1 aromatic rings. The van der Waals surface area contributed by atoms with Gasteiger partial charge in [-0.15, -0.1) is 0 Å². The van der Waals surface area contributed by atoms with E-state index in [-0.39, 0.29) is 5.91 Å². The molecule has 4 nitrogen and oxygen atoms in total. The molecule has 0 aromatic heterocycles. The molecular weight excluding hydrogens is 298 g/mol. The second-order valence-electron chi connectivity index (χ2n) is 7.25. The van der Waals surface area contributed by atoms with Crippen LogP contribution in [0.5, 0.6) is 0 Å². The summed E-state index contributed by atoms with van der Waals surface area (Å²) in [6.45, 7) is 7.73. The van der Waals surface area contributed by atoms with Crippen molar-refractivity contribution in [3.63, 3.8) is 0 Å². The van der Waals surface area contributed by atoms with Crippen LogP contribution in [0.3, 0.4) is 0 Å². The average molecular weight is 329 g/mol. The van der Waals surface area contributed by atoms with Crippen molar-refractivity contribution in [2.45, 2.75) is 45.1 Å². The molecule has 2 fully saturated rings. The molecule has 2 saturated heterocycles. The lowest BCUT2D eigenvalue weighted by molar-refractivity contribution is -0.123. The van der Waals surface area contributed by atoms with Gasteiger partial charge in [-0.1, -0.05) is 25.1 Å². The van der Waals surface area contributed by atoms with Crippen molar-refractivity contribution in [2.24, 2.45) is 5.92 Å². The van der Waals surface area contributed by atoms with Crippen molar-refractivity contribution in [1.29, 1.82) is 0 Å². The second kappa shape index (κ2) is 8.52. The Morgan fingerprint density at radius 2 is 1.71 bits per heavy atom. The summed E-state index contributed by atoms with van der Waals surface area (Å²) < 4.78 is 0. The summed E-state index contributed by atoms with van der Waals surface area (Å²) >= 11 is 0. The Morgan fingerprint density at radius 1 is 1.04 bits per heavy atom. The molecule has 2 heterocycles. The molecule has 4 heteroatoms. The third kappa shape index (κ3) is 4.73. The number of hydrogen-bond donors (Lipinski definition) is 1. The van der Waals surface area contributed by atoms with Gasteiger partial charge in [0.25, 0.3) is 0 Å². The molecule has 0 spiro atoms. The van der Waals surface area contributed by atoms with Gasteiger partial charge in [0.15, 0.2) is 0 Å². The molecular formula is C20H31N3O. The van der Waals surface area contributed by atoms with Gasteiger partial charge in [-0.3, -0.25) is 4.79 Å². The van der Waals surface area contributed by atoms with Crippen molar-refractivity contribution >= 4 is 11.6 Å². The SMILES string of the molecule is CCN1CCC(CC(=O)NC2CCN(c3ccccc3)CC2)CC1. The molecule has 1 aromatic carbocycles. The Morgan fingerprint density at radius 3 is 2.33 bits per heavy atom. The minimum absolute atomic E-state index is 0.267. The number of amides is 1. The van der Waals surface area contributed by atoms with Crippen LogP contribution < -0.4 is 10.2 Å². The van der Waals surface area contributed by atoms with Gasteiger partial charge in [0, 0.05) is 31.2 Å². The Kier molecular flexibility index (Phi) is 6.13. The Balaban J connectivity index is 1.37. The molecule has 24 heavy (non-hydrogen) atoms. The van der Waals surface area contributed by atoms with Crippen LogP contribution in [-0.2, 0) is 4.79 Å². The van der Waals surface area contributed by atoms with Gasteiger partial charge in [0.1, 0.15) is 0 Å². The molecule has 1 N–H and O–H groups in total. The lowest BCUT2D eigenvalue weighted by Gasteiger charge is -2.34. The average Bonchev–Trinajstić information content (AvgIpc) is 2.64. The second-order valence-corrected chi connectivity index (χ2v) is 7.25. The van der Waals surface area contributed by atoms with Crippen LogP contribution in [0.4, 0.5) is 5.69 Å². The number of likely N-dealkylation sites (tertiary alicyclic amines) is 1. The van der Waals surface area contributed by atoms with E-state index in [4.69, 9.17) is 0 Å². The summed E-state index contributed by atoms with van der Waals surface area (Å²) in [4.78, 5) is 17.2. The van der Waals surface area contributed by atoms with Gasteiger partial charge in [0.2, 0.25) is 5.91 Å². The highest BCUT2D eigenvalue weighted by molar-refractivity contribution is 5.76. The maximum absolute atomic E-state index is 12.3. The number of anilines is 1. The zero-order chi connectivity index (χ0) is 16.8. The van der Waals surface area contributed by atoms with E-state index in [0.29, 0.717) is 12.0 Å². The molecule has 0 bridgehead atoms. The van der Waals surface area contributed by atoms with Crippen molar-refractivity contribution in [3.8, 4) is 0 Å². The van der Waals surface area contributed by atoms with Gasteiger partial charge >= 0.3 is 0 Å². The number of nitrogens with zero attached hydrogens (tertiary/aromatic N) is 2. The lowest BCUT2D eigenvalue weighted by atomic mass is 9.93. The highest BCUT2D eigenvalue weighted by Gasteiger charge is 2.24. The van der Waals surface area contributed by atoms with E-state index < -0.39 is 0 Å². The standard InChI is InChI=1S/C20H31N3O/c1-2-22-12-8-17(9-13-22)16-20(24)21-18-10-14-23(15-11-18)19-6-4-3-5-7-19/h3-7,17-18H,2,8-16H2,1H3,(H,21,24). The van der Waals surface area contributed by atoms with Crippen molar-refractivity contribution in [1.82, 2.24) is 10.2 Å². The topological polar surface area (TPSA) is 35.6 Å². The van der Waals surface area contributed by atoms with Gasteiger partial charge in [0.05, 0.1) is 0 Å². The maximum atomic E-state index is 12.3. The number of carbonyl (C=O) groups is 1. The van der Waals surface area contributed by atoms with Crippen LogP contribution >= 0.6 is 0 Å². The fraction of sp³-hybridized carbons (Fsp3) is 0.650. The third-order valence-electron chi connectivity index (χ3n) is 5.61. The van der Waals surface area contributed by atoms with Crippen LogP contribution in [0, 0.1) is 5.92 Å². The van der Waals surface area contributed by atoms with E-state index in [0.717, 1.165) is 52.0 Å². The first-order valence-electron chi connectivity index (χ1n) is 9.56. The van der Waals surface area contributed by atoms with E-state index in [1.165, 1.54) is 18.5 Å². The molecule has 3 rings (SSSR count). The summed E-state index contributed by atoms with van der Waals surface area (Å²) in [5.41, 5.74) is 1.30. The number of benzene rings is 1. The zero-order valence-corrected chi connectivity index (χ0v) is 14.9. The predicted molar refractivity (Wildman–Crippen MR) is 99.3 cm³/mol. The van der Waals surface area contributed by atoms with E-state index in [9.17, 15) is 4.79 Å². The molecule has 0 saturated carbocycles. The summed E-state index contributed by atoms with van der Waals surface area (Å²) in [5, 5.41) is 3.28. The smallest absolute Gasteiger partial charge is 0.220 e. The lowest BCUT2D eigenvalue weighted by Crippen LogP contribution is -2.45. The van der Waals surface area contributed by atoms with Crippen molar-refractivity contribution in [2.75, 3.05) is 37.6 Å². The number of rotatable bonds is 5. The van der Waals surface area contributed by atoms with E-state index >= 15 is 0 Å². The van der Waals surface area contributed by atoms with Crippen molar-refractivity contribution in [3.05, 3.63) is 30.3 Å². The van der Waals surface area contributed by atoms with Gasteiger partial charge in [-0.05, 0) is 63.4 Å². The van der Waals surface area contributed by atoms with Gasteiger partial charge < -0.3 is 15.1 Å². The third-order valence-corrected chi connectivity index (χ3v) is 5.61. The maximum Gasteiger partial charge on any atom is 0.220 e. The largest absolute Gasteiger partial charge is 0.371 e. The normalized spacial score (nSPS) is 21.0. The first kappa shape index (κ1) is 17.3. The molecule has 0 unspecified atom stereocenters. The minimum Gasteiger partial charge on any atom is -0.371 e. The van der Waals surface area contributed by atoms with Crippen LogP contribution in [0.2, 0.25) is 0 Å². The van der Waals surface area contributed by atoms with Crippen molar-refractivity contribution < 1.29 is 4.79 Å². The number of carbonyl (C=O) groups excluding carboxylic acids is 1.